The fraction of sp³-hybridized carbons (Fsp3) is 0.353. The van der Waals surface area contributed by atoms with Crippen LogP contribution in [0.5, 0.6) is 0 Å². The predicted octanol–water partition coefficient (Wildman–Crippen LogP) is 12.9. The van der Waals surface area contributed by atoms with Gasteiger partial charge in [-0.3, -0.25) is 0 Å². The zero-order valence-corrected chi connectivity index (χ0v) is 27.9. The Balaban J connectivity index is 1.28. The SMILES string of the molecule is CCCCCCc1ccc(-c2sccc2-c2ccc(-c3ccsc3-c3ccc(CCCCCC)s3)c3nsnc23)s1. The third kappa shape index (κ3) is 6.45. The summed E-state index contributed by atoms with van der Waals surface area (Å²) in [6, 6.07) is 18.4. The van der Waals surface area contributed by atoms with Crippen LogP contribution in [0, 0.1) is 0 Å². The van der Waals surface area contributed by atoms with Crippen molar-refractivity contribution in [2.75, 3.05) is 0 Å². The largest absolute Gasteiger partial charge is 0.172 e. The number of thiophene rings is 4. The van der Waals surface area contributed by atoms with Gasteiger partial charge in [0.15, 0.2) is 0 Å². The lowest BCUT2D eigenvalue weighted by Crippen LogP contribution is -1.85. The second-order valence-corrected chi connectivity index (χ2v) is 15.3. The van der Waals surface area contributed by atoms with Crippen molar-refractivity contribution >= 4 is 68.1 Å². The molecule has 5 aromatic heterocycles. The molecule has 0 amide bonds. The van der Waals surface area contributed by atoms with Gasteiger partial charge in [-0.05, 0) is 72.8 Å². The molecule has 212 valence electrons. The molecule has 2 nitrogen and oxygen atoms in total. The quantitative estimate of drug-likeness (QED) is 0.112. The third-order valence-electron chi connectivity index (χ3n) is 7.65. The number of benzene rings is 1. The molecule has 0 aliphatic heterocycles. The number of aryl methyl sites for hydroxylation is 2. The molecule has 0 unspecified atom stereocenters. The molecule has 0 atom stereocenters. The summed E-state index contributed by atoms with van der Waals surface area (Å²) in [5, 5.41) is 4.44. The summed E-state index contributed by atoms with van der Waals surface area (Å²) >= 11 is 8.90. The third-order valence-corrected chi connectivity index (χ3v) is 12.7. The van der Waals surface area contributed by atoms with E-state index < -0.39 is 0 Å². The summed E-state index contributed by atoms with van der Waals surface area (Å²) in [6.07, 6.45) is 12.8. The lowest BCUT2D eigenvalue weighted by molar-refractivity contribution is 0.670. The van der Waals surface area contributed by atoms with Gasteiger partial charge >= 0.3 is 0 Å². The molecule has 0 N–H and O–H groups in total. The zero-order chi connectivity index (χ0) is 28.0. The van der Waals surface area contributed by atoms with Gasteiger partial charge in [0, 0.05) is 41.8 Å². The fourth-order valence-electron chi connectivity index (χ4n) is 5.45. The smallest absolute Gasteiger partial charge is 0.113 e. The zero-order valence-electron chi connectivity index (χ0n) is 23.8. The van der Waals surface area contributed by atoms with Crippen LogP contribution in [0.1, 0.15) is 75.0 Å². The van der Waals surface area contributed by atoms with Crippen molar-refractivity contribution in [1.82, 2.24) is 8.75 Å². The highest BCUT2D eigenvalue weighted by Gasteiger charge is 2.20. The summed E-state index contributed by atoms with van der Waals surface area (Å²) < 4.78 is 9.69. The van der Waals surface area contributed by atoms with E-state index in [9.17, 15) is 0 Å². The summed E-state index contributed by atoms with van der Waals surface area (Å²) in [7, 11) is 0. The number of unbranched alkanes of at least 4 members (excludes halogenated alkanes) is 6. The van der Waals surface area contributed by atoms with Crippen LogP contribution in [-0.4, -0.2) is 8.75 Å². The maximum atomic E-state index is 4.84. The van der Waals surface area contributed by atoms with Crippen LogP contribution in [0.15, 0.2) is 59.3 Å². The number of aromatic nitrogens is 2. The Labute approximate surface area is 264 Å². The Bertz CT molecular complexity index is 1570. The average Bonchev–Trinajstić information content (AvgIpc) is 3.82. The molecule has 1 aromatic carbocycles. The van der Waals surface area contributed by atoms with Gasteiger partial charge in [0.1, 0.15) is 11.0 Å². The van der Waals surface area contributed by atoms with Gasteiger partial charge in [0.2, 0.25) is 0 Å². The summed E-state index contributed by atoms with van der Waals surface area (Å²) in [5.41, 5.74) is 6.96. The van der Waals surface area contributed by atoms with Gasteiger partial charge in [0.05, 0.1) is 21.5 Å². The van der Waals surface area contributed by atoms with Crippen molar-refractivity contribution in [1.29, 1.82) is 0 Å². The van der Waals surface area contributed by atoms with Crippen LogP contribution in [0.3, 0.4) is 0 Å². The molecular weight excluding hydrogens is 597 g/mol. The molecule has 0 saturated carbocycles. The number of hydrogen-bond donors (Lipinski definition) is 0. The molecule has 0 aliphatic rings. The lowest BCUT2D eigenvalue weighted by Gasteiger charge is -2.08. The van der Waals surface area contributed by atoms with E-state index in [0.717, 1.165) is 11.0 Å². The van der Waals surface area contributed by atoms with Crippen molar-refractivity contribution in [2.24, 2.45) is 0 Å². The Morgan fingerprint density at radius 2 is 1.00 bits per heavy atom. The maximum Gasteiger partial charge on any atom is 0.113 e. The highest BCUT2D eigenvalue weighted by atomic mass is 32.1. The van der Waals surface area contributed by atoms with Crippen molar-refractivity contribution in [3.8, 4) is 41.8 Å². The number of fused-ring (bicyclic) bond motifs is 1. The normalized spacial score (nSPS) is 11.7. The molecule has 6 aromatic rings. The minimum atomic E-state index is 1.02. The van der Waals surface area contributed by atoms with Crippen molar-refractivity contribution in [3.05, 3.63) is 69.0 Å². The summed E-state index contributed by atoms with van der Waals surface area (Å²) in [4.78, 5) is 8.41. The first-order valence-electron chi connectivity index (χ1n) is 14.9. The molecule has 6 rings (SSSR count). The molecular formula is C34H36N2S5. The van der Waals surface area contributed by atoms with Crippen LogP contribution in [0.4, 0.5) is 0 Å². The van der Waals surface area contributed by atoms with Crippen LogP contribution in [0.2, 0.25) is 0 Å². The van der Waals surface area contributed by atoms with Gasteiger partial charge in [0.25, 0.3) is 0 Å². The Kier molecular flexibility index (Phi) is 9.79. The minimum absolute atomic E-state index is 1.02. The molecule has 0 fully saturated rings. The molecule has 0 bridgehead atoms. The molecule has 0 radical (unpaired) electrons. The van der Waals surface area contributed by atoms with E-state index in [1.807, 2.05) is 45.3 Å². The molecule has 41 heavy (non-hydrogen) atoms. The van der Waals surface area contributed by atoms with Crippen molar-refractivity contribution in [3.63, 3.8) is 0 Å². The maximum absolute atomic E-state index is 4.84. The molecule has 5 heterocycles. The Morgan fingerprint density at radius 3 is 1.46 bits per heavy atom. The van der Waals surface area contributed by atoms with Gasteiger partial charge < -0.3 is 0 Å². The first-order chi connectivity index (χ1) is 20.3. The number of rotatable bonds is 14. The average molecular weight is 633 g/mol. The Morgan fingerprint density at radius 1 is 0.512 bits per heavy atom. The first kappa shape index (κ1) is 28.9. The van der Waals surface area contributed by atoms with Gasteiger partial charge in [-0.1, -0.05) is 64.5 Å². The van der Waals surface area contributed by atoms with Crippen LogP contribution in [0.25, 0.3) is 52.8 Å². The van der Waals surface area contributed by atoms with Gasteiger partial charge in [-0.25, -0.2) is 0 Å². The second-order valence-electron chi connectivity index (χ2n) is 10.6. The van der Waals surface area contributed by atoms with Crippen LogP contribution >= 0.6 is 57.1 Å². The topological polar surface area (TPSA) is 25.8 Å². The van der Waals surface area contributed by atoms with E-state index in [-0.39, 0.29) is 0 Å². The molecule has 0 saturated heterocycles. The standard InChI is InChI=1S/C34H36N2S5/c1-3-5-7-9-11-23-13-17-29(39-23)33-27(19-21-37-33)25-15-16-26(32-31(25)35-41-36-32)28-20-22-38-34(28)30-18-14-24(40-30)12-10-8-6-4-2/h13-22H,3-12H2,1-2H3. The van der Waals surface area contributed by atoms with E-state index in [1.54, 1.807) is 0 Å². The highest BCUT2D eigenvalue weighted by Crippen LogP contribution is 2.46. The molecule has 0 spiro atoms. The number of hydrogen-bond acceptors (Lipinski definition) is 7. The first-order valence-corrected chi connectivity index (χ1v) is 19.0. The van der Waals surface area contributed by atoms with E-state index in [1.165, 1.54) is 127 Å². The van der Waals surface area contributed by atoms with Gasteiger partial charge in [-0.15, -0.1) is 45.3 Å². The summed E-state index contributed by atoms with van der Waals surface area (Å²) in [5.74, 6) is 0. The Hall–Kier alpha value is -2.16. The highest BCUT2D eigenvalue weighted by molar-refractivity contribution is 7.22. The van der Waals surface area contributed by atoms with Crippen molar-refractivity contribution in [2.45, 2.75) is 78.1 Å². The van der Waals surface area contributed by atoms with Gasteiger partial charge in [-0.2, -0.15) is 8.75 Å². The fourth-order valence-corrected chi connectivity index (χ4v) is 10.2. The van der Waals surface area contributed by atoms with E-state index in [0.29, 0.717) is 0 Å². The van der Waals surface area contributed by atoms with E-state index in [2.05, 4.69) is 73.1 Å². The second kappa shape index (κ2) is 13.9. The number of nitrogens with zero attached hydrogens (tertiary/aromatic N) is 2. The van der Waals surface area contributed by atoms with Crippen LogP contribution < -0.4 is 0 Å². The predicted molar refractivity (Wildman–Crippen MR) is 186 cm³/mol. The minimum Gasteiger partial charge on any atom is -0.172 e. The summed E-state index contributed by atoms with van der Waals surface area (Å²) in [6.45, 7) is 4.55. The van der Waals surface area contributed by atoms with E-state index >= 15 is 0 Å². The lowest BCUT2D eigenvalue weighted by atomic mass is 9.98. The monoisotopic (exact) mass is 632 g/mol. The molecule has 7 heteroatoms. The van der Waals surface area contributed by atoms with Crippen molar-refractivity contribution < 1.29 is 0 Å². The van der Waals surface area contributed by atoms with Crippen LogP contribution in [-0.2, 0) is 12.8 Å². The van der Waals surface area contributed by atoms with E-state index in [4.69, 9.17) is 8.75 Å². The molecule has 0 aliphatic carbocycles.